The average Bonchev–Trinajstić information content (AvgIpc) is 2.54. The van der Waals surface area contributed by atoms with Crippen LogP contribution in [0.15, 0.2) is 36.4 Å². The first-order chi connectivity index (χ1) is 10.6. The van der Waals surface area contributed by atoms with E-state index in [1.54, 1.807) is 0 Å². The molecular weight excluding hydrogens is 301 g/mol. The molecule has 2 aromatic carbocycles. The molecule has 0 aromatic heterocycles. The van der Waals surface area contributed by atoms with Crippen molar-refractivity contribution in [2.75, 3.05) is 0 Å². The molecule has 4 heteroatoms. The van der Waals surface area contributed by atoms with E-state index < -0.39 is 17.4 Å². The Bertz CT molecular complexity index is 662. The number of phenolic OH excluding ortho intramolecular Hbond substituents is 1. The Morgan fingerprint density at radius 2 is 1.50 bits per heavy atom. The molecule has 1 unspecified atom stereocenters. The van der Waals surface area contributed by atoms with Gasteiger partial charge in [0.25, 0.3) is 0 Å². The molecular formula is C18H19F2OP. The van der Waals surface area contributed by atoms with E-state index in [-0.39, 0.29) is 5.56 Å². The molecule has 0 radical (unpaired) electrons. The Balaban J connectivity index is 1.84. The van der Waals surface area contributed by atoms with Gasteiger partial charge in [0.2, 0.25) is 5.82 Å². The van der Waals surface area contributed by atoms with Gasteiger partial charge in [0.05, 0.1) is 0 Å². The maximum atomic E-state index is 13.9. The monoisotopic (exact) mass is 320 g/mol. The summed E-state index contributed by atoms with van der Waals surface area (Å²) < 4.78 is 27.4. The number of rotatable bonds is 2. The Hall–Kier alpha value is -1.47. The third-order valence-electron chi connectivity index (χ3n) is 4.53. The van der Waals surface area contributed by atoms with Gasteiger partial charge in [-0.3, -0.25) is 0 Å². The predicted octanol–water partition coefficient (Wildman–Crippen LogP) is 5.24. The van der Waals surface area contributed by atoms with E-state index in [4.69, 9.17) is 0 Å². The van der Waals surface area contributed by atoms with Gasteiger partial charge in [-0.1, -0.05) is 24.3 Å². The van der Waals surface area contributed by atoms with E-state index >= 15 is 0 Å². The molecule has 0 amide bonds. The Labute approximate surface area is 131 Å². The summed E-state index contributed by atoms with van der Waals surface area (Å²) in [5.74, 6) is -2.30. The van der Waals surface area contributed by atoms with E-state index in [0.29, 0.717) is 11.5 Å². The SMILES string of the molecule is Oc1ccc(-c2ccc(C3CCC(P)CC3)cc2)c(F)c1F. The summed E-state index contributed by atoms with van der Waals surface area (Å²) in [6.07, 6.45) is 4.79. The van der Waals surface area contributed by atoms with Crippen LogP contribution in [0.25, 0.3) is 11.1 Å². The molecule has 2 aromatic rings. The van der Waals surface area contributed by atoms with Gasteiger partial charge >= 0.3 is 0 Å². The van der Waals surface area contributed by atoms with Crippen molar-refractivity contribution in [1.29, 1.82) is 0 Å². The Kier molecular flexibility index (Phi) is 4.44. The Morgan fingerprint density at radius 3 is 2.14 bits per heavy atom. The summed E-state index contributed by atoms with van der Waals surface area (Å²) in [6.45, 7) is 0. The maximum absolute atomic E-state index is 13.9. The molecule has 1 atom stereocenters. The average molecular weight is 320 g/mol. The van der Waals surface area contributed by atoms with Crippen molar-refractivity contribution >= 4 is 9.24 Å². The molecule has 22 heavy (non-hydrogen) atoms. The number of aromatic hydroxyl groups is 1. The van der Waals surface area contributed by atoms with Crippen LogP contribution < -0.4 is 0 Å². The van der Waals surface area contributed by atoms with Crippen LogP contribution in [0.4, 0.5) is 8.78 Å². The first kappa shape index (κ1) is 15.4. The smallest absolute Gasteiger partial charge is 0.200 e. The van der Waals surface area contributed by atoms with Crippen molar-refractivity contribution in [3.8, 4) is 16.9 Å². The number of hydrogen-bond acceptors (Lipinski definition) is 1. The molecule has 1 aliphatic rings. The van der Waals surface area contributed by atoms with Crippen LogP contribution in [0, 0.1) is 11.6 Å². The van der Waals surface area contributed by atoms with Crippen molar-refractivity contribution in [2.45, 2.75) is 37.3 Å². The lowest BCUT2D eigenvalue weighted by molar-refractivity contribution is 0.408. The molecule has 0 saturated heterocycles. The number of halogens is 2. The van der Waals surface area contributed by atoms with Crippen LogP contribution in [-0.4, -0.2) is 10.8 Å². The summed E-state index contributed by atoms with van der Waals surface area (Å²) >= 11 is 0. The minimum Gasteiger partial charge on any atom is -0.505 e. The van der Waals surface area contributed by atoms with Gasteiger partial charge in [-0.25, -0.2) is 4.39 Å². The largest absolute Gasteiger partial charge is 0.505 e. The highest BCUT2D eigenvalue weighted by Gasteiger charge is 2.20. The molecule has 1 saturated carbocycles. The first-order valence-corrected chi connectivity index (χ1v) is 8.26. The second kappa shape index (κ2) is 6.34. The molecule has 1 N–H and O–H groups in total. The molecule has 0 spiro atoms. The predicted molar refractivity (Wildman–Crippen MR) is 88.2 cm³/mol. The van der Waals surface area contributed by atoms with Gasteiger partial charge in [0, 0.05) is 5.56 Å². The maximum Gasteiger partial charge on any atom is 0.200 e. The quantitative estimate of drug-likeness (QED) is 0.750. The minimum absolute atomic E-state index is 0.176. The zero-order chi connectivity index (χ0) is 15.7. The molecule has 3 rings (SSSR count). The summed E-state index contributed by atoms with van der Waals surface area (Å²) in [5.41, 5.74) is 2.79. The van der Waals surface area contributed by atoms with E-state index in [2.05, 4.69) is 9.24 Å². The highest BCUT2D eigenvalue weighted by molar-refractivity contribution is 7.17. The zero-order valence-corrected chi connectivity index (χ0v) is 13.4. The van der Waals surface area contributed by atoms with Gasteiger partial charge in [0.15, 0.2) is 11.6 Å². The van der Waals surface area contributed by atoms with Gasteiger partial charge in [0.1, 0.15) is 0 Å². The summed E-state index contributed by atoms with van der Waals surface area (Å²) in [4.78, 5) is 0. The molecule has 1 aliphatic carbocycles. The molecule has 0 aliphatic heterocycles. The topological polar surface area (TPSA) is 20.2 Å². The van der Waals surface area contributed by atoms with Crippen molar-refractivity contribution < 1.29 is 13.9 Å². The van der Waals surface area contributed by atoms with Crippen molar-refractivity contribution in [3.05, 3.63) is 53.6 Å². The summed E-state index contributed by atoms with van der Waals surface area (Å²) in [7, 11) is 2.90. The van der Waals surface area contributed by atoms with E-state index in [1.807, 2.05) is 24.3 Å². The van der Waals surface area contributed by atoms with Crippen LogP contribution in [-0.2, 0) is 0 Å². The van der Waals surface area contributed by atoms with Gasteiger partial charge in [-0.15, -0.1) is 9.24 Å². The van der Waals surface area contributed by atoms with Gasteiger partial charge in [-0.2, -0.15) is 4.39 Å². The third-order valence-corrected chi connectivity index (χ3v) is 5.19. The number of hydrogen-bond donors (Lipinski definition) is 1. The fraction of sp³-hybridized carbons (Fsp3) is 0.333. The van der Waals surface area contributed by atoms with Gasteiger partial charge in [-0.05, 0) is 60.5 Å². The zero-order valence-electron chi connectivity index (χ0n) is 12.2. The lowest BCUT2D eigenvalue weighted by atomic mass is 9.83. The molecule has 0 heterocycles. The number of phenols is 1. The van der Waals surface area contributed by atoms with Gasteiger partial charge < -0.3 is 5.11 Å². The van der Waals surface area contributed by atoms with Crippen molar-refractivity contribution in [1.82, 2.24) is 0 Å². The van der Waals surface area contributed by atoms with E-state index in [1.165, 1.54) is 43.4 Å². The minimum atomic E-state index is -1.19. The lowest BCUT2D eigenvalue weighted by Crippen LogP contribution is -2.12. The highest BCUT2D eigenvalue weighted by atomic mass is 31.0. The van der Waals surface area contributed by atoms with E-state index in [0.717, 1.165) is 5.66 Å². The standard InChI is InChI=1S/C18H19F2OP/c19-17-15(9-10-16(21)18(17)20)13-3-1-11(2-4-13)12-5-7-14(22)8-6-12/h1-4,9-10,12,14,21H,5-8,22H2. The lowest BCUT2D eigenvalue weighted by Gasteiger charge is -2.26. The fourth-order valence-corrected chi connectivity index (χ4v) is 3.53. The first-order valence-electron chi connectivity index (χ1n) is 7.59. The van der Waals surface area contributed by atoms with Crippen LogP contribution >= 0.6 is 9.24 Å². The second-order valence-corrected chi connectivity index (χ2v) is 6.94. The van der Waals surface area contributed by atoms with Crippen molar-refractivity contribution in [3.63, 3.8) is 0 Å². The fourth-order valence-electron chi connectivity index (χ4n) is 3.15. The highest BCUT2D eigenvalue weighted by Crippen LogP contribution is 2.37. The Morgan fingerprint density at radius 1 is 0.864 bits per heavy atom. The molecule has 1 fully saturated rings. The molecule has 1 nitrogen and oxygen atoms in total. The van der Waals surface area contributed by atoms with Crippen LogP contribution in [0.2, 0.25) is 0 Å². The van der Waals surface area contributed by atoms with Crippen LogP contribution in [0.3, 0.4) is 0 Å². The summed E-state index contributed by atoms with van der Waals surface area (Å²) in [6, 6.07) is 10.3. The van der Waals surface area contributed by atoms with Crippen molar-refractivity contribution in [2.24, 2.45) is 0 Å². The van der Waals surface area contributed by atoms with E-state index in [9.17, 15) is 13.9 Å². The van der Waals surface area contributed by atoms with Crippen LogP contribution in [0.1, 0.15) is 37.2 Å². The number of benzene rings is 2. The normalized spacial score (nSPS) is 21.8. The second-order valence-electron chi connectivity index (χ2n) is 5.99. The molecule has 116 valence electrons. The third kappa shape index (κ3) is 3.01. The summed E-state index contributed by atoms with van der Waals surface area (Å²) in [5, 5.41) is 9.19. The molecule has 0 bridgehead atoms. The van der Waals surface area contributed by atoms with Crippen LogP contribution in [0.5, 0.6) is 5.75 Å².